The first-order valence-electron chi connectivity index (χ1n) is 6.38. The third-order valence-electron chi connectivity index (χ3n) is 2.57. The summed E-state index contributed by atoms with van der Waals surface area (Å²) in [4.78, 5) is 5.40. The molecule has 0 unspecified atom stereocenters. The molecule has 1 N–H and O–H groups in total. The molecule has 0 aliphatic rings. The zero-order chi connectivity index (χ0) is 13.7. The zero-order valence-electron chi connectivity index (χ0n) is 11.5. The standard InChI is InChI=1S/C14H19N3OS/c1-10(2)15-8-12-4-6-13(7-5-12)19-9-14-16-11(3)17-18-14/h4-7,10,15H,8-9H2,1-3H3. The van der Waals surface area contributed by atoms with E-state index in [4.69, 9.17) is 4.52 Å². The largest absolute Gasteiger partial charge is 0.338 e. The highest BCUT2D eigenvalue weighted by Gasteiger charge is 2.03. The number of hydrogen-bond donors (Lipinski definition) is 1. The average molecular weight is 277 g/mol. The van der Waals surface area contributed by atoms with Crippen molar-refractivity contribution in [1.29, 1.82) is 0 Å². The van der Waals surface area contributed by atoms with Crippen LogP contribution in [0.15, 0.2) is 33.7 Å². The Balaban J connectivity index is 1.84. The molecule has 0 amide bonds. The molecular weight excluding hydrogens is 258 g/mol. The fraction of sp³-hybridized carbons (Fsp3) is 0.429. The smallest absolute Gasteiger partial charge is 0.236 e. The van der Waals surface area contributed by atoms with Crippen molar-refractivity contribution in [3.8, 4) is 0 Å². The lowest BCUT2D eigenvalue weighted by Gasteiger charge is -2.08. The Morgan fingerprint density at radius 3 is 2.58 bits per heavy atom. The first-order chi connectivity index (χ1) is 9.13. The topological polar surface area (TPSA) is 51.0 Å². The highest BCUT2D eigenvalue weighted by atomic mass is 32.2. The van der Waals surface area contributed by atoms with Crippen molar-refractivity contribution in [3.63, 3.8) is 0 Å². The van der Waals surface area contributed by atoms with Crippen LogP contribution in [0.3, 0.4) is 0 Å². The third-order valence-corrected chi connectivity index (χ3v) is 3.57. The Bertz CT molecular complexity index is 508. The summed E-state index contributed by atoms with van der Waals surface area (Å²) in [5.74, 6) is 2.07. The molecule has 102 valence electrons. The number of aromatic nitrogens is 2. The van der Waals surface area contributed by atoms with Crippen molar-refractivity contribution < 1.29 is 4.52 Å². The number of hydrogen-bond acceptors (Lipinski definition) is 5. The maximum absolute atomic E-state index is 5.08. The second kappa shape index (κ2) is 6.73. The lowest BCUT2D eigenvalue weighted by atomic mass is 10.2. The number of aryl methyl sites for hydroxylation is 1. The van der Waals surface area contributed by atoms with Gasteiger partial charge in [-0.1, -0.05) is 31.1 Å². The Kier molecular flexibility index (Phi) is 4.99. The Hall–Kier alpha value is -1.33. The van der Waals surface area contributed by atoms with Crippen LogP contribution in [0, 0.1) is 6.92 Å². The number of nitrogens with one attached hydrogen (secondary N) is 1. The monoisotopic (exact) mass is 277 g/mol. The fourth-order valence-electron chi connectivity index (χ4n) is 1.57. The van der Waals surface area contributed by atoms with Crippen LogP contribution in [0.4, 0.5) is 0 Å². The molecule has 2 aromatic rings. The SMILES string of the molecule is Cc1noc(CSc2ccc(CNC(C)C)cc2)n1. The highest BCUT2D eigenvalue weighted by molar-refractivity contribution is 7.98. The van der Waals surface area contributed by atoms with Crippen molar-refractivity contribution in [2.75, 3.05) is 0 Å². The molecule has 4 nitrogen and oxygen atoms in total. The van der Waals surface area contributed by atoms with Gasteiger partial charge in [-0.25, -0.2) is 0 Å². The zero-order valence-corrected chi connectivity index (χ0v) is 12.3. The van der Waals surface area contributed by atoms with Crippen molar-refractivity contribution in [2.24, 2.45) is 0 Å². The minimum Gasteiger partial charge on any atom is -0.338 e. The first-order valence-corrected chi connectivity index (χ1v) is 7.36. The predicted octanol–water partition coefficient (Wildman–Crippen LogP) is 3.17. The molecule has 0 bridgehead atoms. The molecule has 1 aromatic carbocycles. The van der Waals surface area contributed by atoms with Crippen LogP contribution in [0.1, 0.15) is 31.1 Å². The van der Waals surface area contributed by atoms with E-state index in [9.17, 15) is 0 Å². The average Bonchev–Trinajstić information content (AvgIpc) is 2.81. The van der Waals surface area contributed by atoms with Gasteiger partial charge in [0.25, 0.3) is 0 Å². The molecule has 2 rings (SSSR count). The lowest BCUT2D eigenvalue weighted by molar-refractivity contribution is 0.387. The summed E-state index contributed by atoms with van der Waals surface area (Å²) in [7, 11) is 0. The number of thioether (sulfide) groups is 1. The molecule has 0 spiro atoms. The van der Waals surface area contributed by atoms with Gasteiger partial charge in [-0.15, -0.1) is 11.8 Å². The van der Waals surface area contributed by atoms with E-state index in [-0.39, 0.29) is 0 Å². The van der Waals surface area contributed by atoms with Gasteiger partial charge < -0.3 is 9.84 Å². The number of benzene rings is 1. The van der Waals surface area contributed by atoms with Gasteiger partial charge in [0.15, 0.2) is 5.82 Å². The third kappa shape index (κ3) is 4.69. The van der Waals surface area contributed by atoms with Gasteiger partial charge in [0.05, 0.1) is 5.75 Å². The molecule has 0 radical (unpaired) electrons. The van der Waals surface area contributed by atoms with E-state index in [2.05, 4.69) is 53.6 Å². The second-order valence-corrected chi connectivity index (χ2v) is 5.75. The van der Waals surface area contributed by atoms with Crippen LogP contribution in [-0.4, -0.2) is 16.2 Å². The van der Waals surface area contributed by atoms with Gasteiger partial charge in [-0.05, 0) is 24.6 Å². The summed E-state index contributed by atoms with van der Waals surface area (Å²) in [6, 6.07) is 9.07. The van der Waals surface area contributed by atoms with Crippen LogP contribution < -0.4 is 5.32 Å². The van der Waals surface area contributed by atoms with Gasteiger partial charge in [-0.2, -0.15) is 4.98 Å². The summed E-state index contributed by atoms with van der Waals surface area (Å²) in [6.45, 7) is 7.03. The van der Waals surface area contributed by atoms with Crippen LogP contribution in [0.5, 0.6) is 0 Å². The number of rotatable bonds is 6. The minimum absolute atomic E-state index is 0.509. The van der Waals surface area contributed by atoms with E-state index < -0.39 is 0 Å². The maximum atomic E-state index is 5.08. The minimum atomic E-state index is 0.509. The molecule has 0 saturated heterocycles. The normalized spacial score (nSPS) is 11.2. The van der Waals surface area contributed by atoms with E-state index in [0.29, 0.717) is 23.5 Å². The quantitative estimate of drug-likeness (QED) is 0.822. The molecule has 0 aliphatic carbocycles. The van der Waals surface area contributed by atoms with Crippen LogP contribution in [-0.2, 0) is 12.3 Å². The van der Waals surface area contributed by atoms with Crippen molar-refractivity contribution >= 4 is 11.8 Å². The fourth-order valence-corrected chi connectivity index (χ4v) is 2.31. The van der Waals surface area contributed by atoms with E-state index in [1.807, 2.05) is 6.92 Å². The summed E-state index contributed by atoms with van der Waals surface area (Å²) < 4.78 is 5.08. The molecule has 0 saturated carbocycles. The molecule has 0 aliphatic heterocycles. The van der Waals surface area contributed by atoms with E-state index in [0.717, 1.165) is 6.54 Å². The molecule has 0 fully saturated rings. The summed E-state index contributed by atoms with van der Waals surface area (Å²) in [5, 5.41) is 7.18. The van der Waals surface area contributed by atoms with Crippen molar-refractivity contribution in [1.82, 2.24) is 15.5 Å². The summed E-state index contributed by atoms with van der Waals surface area (Å²) >= 11 is 1.70. The predicted molar refractivity (Wildman–Crippen MR) is 77.0 cm³/mol. The Morgan fingerprint density at radius 1 is 1.26 bits per heavy atom. The van der Waals surface area contributed by atoms with Crippen LogP contribution in [0.2, 0.25) is 0 Å². The lowest BCUT2D eigenvalue weighted by Crippen LogP contribution is -2.21. The van der Waals surface area contributed by atoms with E-state index in [1.54, 1.807) is 11.8 Å². The molecule has 19 heavy (non-hydrogen) atoms. The Labute approximate surface area is 118 Å². The van der Waals surface area contributed by atoms with Crippen LogP contribution >= 0.6 is 11.8 Å². The molecule has 1 aromatic heterocycles. The van der Waals surface area contributed by atoms with E-state index in [1.165, 1.54) is 10.5 Å². The molecular formula is C14H19N3OS. The summed E-state index contributed by atoms with van der Waals surface area (Å²) in [6.07, 6.45) is 0. The van der Waals surface area contributed by atoms with Gasteiger partial charge >= 0.3 is 0 Å². The highest BCUT2D eigenvalue weighted by Crippen LogP contribution is 2.22. The van der Waals surface area contributed by atoms with Crippen molar-refractivity contribution in [2.45, 2.75) is 44.0 Å². The van der Waals surface area contributed by atoms with Gasteiger partial charge in [0, 0.05) is 17.5 Å². The second-order valence-electron chi connectivity index (χ2n) is 4.70. The maximum Gasteiger partial charge on any atom is 0.236 e. The first kappa shape index (κ1) is 14.1. The summed E-state index contributed by atoms with van der Waals surface area (Å²) in [5.41, 5.74) is 1.30. The van der Waals surface area contributed by atoms with Gasteiger partial charge in [0.2, 0.25) is 5.89 Å². The molecule has 1 heterocycles. The molecule has 0 atom stereocenters. The van der Waals surface area contributed by atoms with Gasteiger partial charge in [-0.3, -0.25) is 0 Å². The van der Waals surface area contributed by atoms with Crippen molar-refractivity contribution in [3.05, 3.63) is 41.5 Å². The Morgan fingerprint density at radius 2 is 2.00 bits per heavy atom. The van der Waals surface area contributed by atoms with Crippen LogP contribution in [0.25, 0.3) is 0 Å². The van der Waals surface area contributed by atoms with E-state index >= 15 is 0 Å². The number of nitrogens with zero attached hydrogens (tertiary/aromatic N) is 2. The molecule has 5 heteroatoms. The van der Waals surface area contributed by atoms with Gasteiger partial charge in [0.1, 0.15) is 0 Å².